The van der Waals surface area contributed by atoms with Gasteiger partial charge in [-0.3, -0.25) is 0 Å². The van der Waals surface area contributed by atoms with E-state index in [-0.39, 0.29) is 0 Å². The molecular weight excluding hydrogens is 157 g/mol. The second kappa shape index (κ2) is 3.10. The van der Waals surface area contributed by atoms with Crippen molar-refractivity contribution in [2.24, 2.45) is 0 Å². The molecule has 0 saturated carbocycles. The van der Waals surface area contributed by atoms with Crippen molar-refractivity contribution < 1.29 is 5.11 Å². The summed E-state index contributed by atoms with van der Waals surface area (Å²) in [4.78, 5) is 0. The fourth-order valence-corrected chi connectivity index (χ4v) is 1.21. The van der Waals surface area contributed by atoms with E-state index in [4.69, 9.17) is 0 Å². The molecule has 60 valence electrons. The maximum atomic E-state index is 9.39. The molecule has 2 N–H and O–H groups in total. The molecule has 1 aromatic carbocycles. The van der Waals surface area contributed by atoms with E-state index < -0.39 is 0 Å². The second-order valence-corrected chi connectivity index (χ2v) is 2.89. The van der Waals surface area contributed by atoms with Gasteiger partial charge in [-0.1, -0.05) is 0 Å². The molecule has 3 heteroatoms. The van der Waals surface area contributed by atoms with Crippen molar-refractivity contribution in [2.75, 3.05) is 5.09 Å². The van der Waals surface area contributed by atoms with Crippen molar-refractivity contribution in [1.82, 2.24) is 0 Å². The molecule has 0 radical (unpaired) electrons. The summed E-state index contributed by atoms with van der Waals surface area (Å²) in [6, 6.07) is 3.80. The Morgan fingerprint density at radius 2 is 1.73 bits per heavy atom. The largest absolute Gasteiger partial charge is 0.507 e. The summed E-state index contributed by atoms with van der Waals surface area (Å²) >= 11 is 0. The van der Waals surface area contributed by atoms with Crippen molar-refractivity contribution in [2.45, 2.75) is 13.8 Å². The van der Waals surface area contributed by atoms with Gasteiger partial charge >= 0.3 is 0 Å². The van der Waals surface area contributed by atoms with E-state index in [0.717, 1.165) is 16.8 Å². The fraction of sp³-hybridized carbons (Fsp3) is 0.250. The van der Waals surface area contributed by atoms with Gasteiger partial charge in [0, 0.05) is 5.69 Å². The zero-order valence-electron chi connectivity index (χ0n) is 6.68. The maximum absolute atomic E-state index is 9.39. The number of rotatable bonds is 1. The molecule has 1 rings (SSSR count). The summed E-state index contributed by atoms with van der Waals surface area (Å²) < 4.78 is 0. The number of aromatic hydroxyl groups is 1. The van der Waals surface area contributed by atoms with Crippen LogP contribution < -0.4 is 5.09 Å². The molecular formula is C8H12NOP. The van der Waals surface area contributed by atoms with Gasteiger partial charge in [0.05, 0.1) is 0 Å². The van der Waals surface area contributed by atoms with E-state index in [0.29, 0.717) is 5.75 Å². The molecule has 0 bridgehead atoms. The molecule has 2 nitrogen and oxygen atoms in total. The first kappa shape index (κ1) is 8.35. The average molecular weight is 169 g/mol. The van der Waals surface area contributed by atoms with Crippen LogP contribution in [0.25, 0.3) is 0 Å². The van der Waals surface area contributed by atoms with Crippen molar-refractivity contribution in [1.29, 1.82) is 0 Å². The Balaban J connectivity index is 3.21. The van der Waals surface area contributed by atoms with Gasteiger partial charge in [0.1, 0.15) is 5.75 Å². The third kappa shape index (κ3) is 1.63. The Hall–Kier alpha value is -0.750. The monoisotopic (exact) mass is 169 g/mol. The first-order valence-corrected chi connectivity index (χ1v) is 3.99. The van der Waals surface area contributed by atoms with E-state index in [1.165, 1.54) is 0 Å². The smallest absolute Gasteiger partial charge is 0.121 e. The van der Waals surface area contributed by atoms with E-state index in [9.17, 15) is 5.11 Å². The minimum absolute atomic E-state index is 0.383. The summed E-state index contributed by atoms with van der Waals surface area (Å²) in [7, 11) is 2.42. The summed E-state index contributed by atoms with van der Waals surface area (Å²) in [5, 5.41) is 12.3. The summed E-state index contributed by atoms with van der Waals surface area (Å²) in [5.74, 6) is 0.383. The first-order chi connectivity index (χ1) is 5.15. The molecule has 1 atom stereocenters. The van der Waals surface area contributed by atoms with Gasteiger partial charge < -0.3 is 10.2 Å². The minimum atomic E-state index is 0.383. The highest BCUT2D eigenvalue weighted by Crippen LogP contribution is 2.25. The SMILES string of the molecule is Cc1cc(NP)cc(C)c1O. The van der Waals surface area contributed by atoms with Gasteiger partial charge in [0.15, 0.2) is 0 Å². The number of benzene rings is 1. The lowest BCUT2D eigenvalue weighted by Crippen LogP contribution is -1.85. The molecule has 0 aliphatic rings. The number of anilines is 1. The Morgan fingerprint density at radius 3 is 2.09 bits per heavy atom. The topological polar surface area (TPSA) is 32.3 Å². The van der Waals surface area contributed by atoms with Gasteiger partial charge in [-0.05, 0) is 46.5 Å². The highest BCUT2D eigenvalue weighted by atomic mass is 31.0. The molecule has 0 amide bonds. The van der Waals surface area contributed by atoms with Gasteiger partial charge in [0.2, 0.25) is 0 Å². The van der Waals surface area contributed by atoms with Crippen molar-refractivity contribution in [3.8, 4) is 5.75 Å². The van der Waals surface area contributed by atoms with Crippen LogP contribution in [0.4, 0.5) is 5.69 Å². The third-order valence-corrected chi connectivity index (χ3v) is 1.99. The maximum Gasteiger partial charge on any atom is 0.121 e. The molecule has 0 aliphatic heterocycles. The summed E-state index contributed by atoms with van der Waals surface area (Å²) in [5.41, 5.74) is 2.80. The molecule has 1 aromatic rings. The lowest BCUT2D eigenvalue weighted by molar-refractivity contribution is 0.467. The van der Waals surface area contributed by atoms with Gasteiger partial charge in [-0.15, -0.1) is 0 Å². The number of aryl methyl sites for hydroxylation is 2. The van der Waals surface area contributed by atoms with Gasteiger partial charge in [-0.25, -0.2) is 0 Å². The van der Waals surface area contributed by atoms with Crippen molar-refractivity contribution >= 4 is 15.1 Å². The van der Waals surface area contributed by atoms with Crippen LogP contribution in [-0.4, -0.2) is 5.11 Å². The van der Waals surface area contributed by atoms with Gasteiger partial charge in [0.25, 0.3) is 0 Å². The van der Waals surface area contributed by atoms with Crippen LogP contribution in [0.2, 0.25) is 0 Å². The molecule has 11 heavy (non-hydrogen) atoms. The van der Waals surface area contributed by atoms with Crippen LogP contribution in [0.3, 0.4) is 0 Å². The van der Waals surface area contributed by atoms with Crippen LogP contribution in [0.1, 0.15) is 11.1 Å². The highest BCUT2D eigenvalue weighted by molar-refractivity contribution is 7.18. The molecule has 1 unspecified atom stereocenters. The molecule has 0 aromatic heterocycles. The average Bonchev–Trinajstić information content (AvgIpc) is 1.99. The Kier molecular flexibility index (Phi) is 2.35. The zero-order valence-corrected chi connectivity index (χ0v) is 7.83. The van der Waals surface area contributed by atoms with Crippen LogP contribution in [-0.2, 0) is 0 Å². The lowest BCUT2D eigenvalue weighted by atomic mass is 10.1. The normalized spacial score (nSPS) is 9.73. The predicted molar refractivity (Wildman–Crippen MR) is 50.9 cm³/mol. The van der Waals surface area contributed by atoms with Crippen molar-refractivity contribution in [3.63, 3.8) is 0 Å². The number of phenolic OH excluding ortho intramolecular Hbond substituents is 1. The van der Waals surface area contributed by atoms with E-state index in [1.54, 1.807) is 0 Å². The minimum Gasteiger partial charge on any atom is -0.507 e. The Labute approximate surface area is 68.9 Å². The Morgan fingerprint density at radius 1 is 1.27 bits per heavy atom. The van der Waals surface area contributed by atoms with Crippen LogP contribution in [0, 0.1) is 13.8 Å². The van der Waals surface area contributed by atoms with E-state index >= 15 is 0 Å². The van der Waals surface area contributed by atoms with Gasteiger partial charge in [-0.2, -0.15) is 0 Å². The molecule has 0 saturated heterocycles. The number of hydrogen-bond acceptors (Lipinski definition) is 2. The van der Waals surface area contributed by atoms with Crippen LogP contribution in [0.5, 0.6) is 5.75 Å². The number of nitrogens with one attached hydrogen (secondary N) is 1. The zero-order chi connectivity index (χ0) is 8.43. The first-order valence-electron chi connectivity index (χ1n) is 3.42. The molecule has 0 heterocycles. The number of hydrogen-bond donors (Lipinski definition) is 2. The third-order valence-electron chi connectivity index (χ3n) is 1.66. The summed E-state index contributed by atoms with van der Waals surface area (Å²) in [6.45, 7) is 3.77. The highest BCUT2D eigenvalue weighted by Gasteiger charge is 2.00. The quantitative estimate of drug-likeness (QED) is 0.499. The predicted octanol–water partition coefficient (Wildman–Crippen LogP) is 2.21. The molecule has 0 spiro atoms. The molecule has 0 aliphatic carbocycles. The van der Waals surface area contributed by atoms with Crippen molar-refractivity contribution in [3.05, 3.63) is 23.3 Å². The molecule has 0 fully saturated rings. The van der Waals surface area contributed by atoms with E-state index in [1.807, 2.05) is 26.0 Å². The fourth-order valence-electron chi connectivity index (χ4n) is 1.04. The number of phenols is 1. The van der Waals surface area contributed by atoms with Crippen LogP contribution in [0.15, 0.2) is 12.1 Å². The van der Waals surface area contributed by atoms with E-state index in [2.05, 4.69) is 14.5 Å². The lowest BCUT2D eigenvalue weighted by Gasteiger charge is -2.06. The second-order valence-electron chi connectivity index (χ2n) is 2.60. The summed E-state index contributed by atoms with van der Waals surface area (Å²) in [6.07, 6.45) is 0. The standard InChI is InChI=1S/C8H12NOP/c1-5-3-7(9-11)4-6(2)8(5)10/h3-4,9-10H,11H2,1-2H3. The Bertz CT molecular complexity index is 250. The van der Waals surface area contributed by atoms with Crippen LogP contribution >= 0.6 is 9.39 Å².